The number of rotatable bonds is 2. The van der Waals surface area contributed by atoms with Crippen molar-refractivity contribution in [3.63, 3.8) is 0 Å². The van der Waals surface area contributed by atoms with E-state index in [0.717, 1.165) is 25.7 Å². The second-order valence-corrected chi connectivity index (χ2v) is 6.00. The first-order valence-electron chi connectivity index (χ1n) is 5.85. The Morgan fingerprint density at radius 2 is 1.82 bits per heavy atom. The molecule has 4 nitrogen and oxygen atoms in total. The van der Waals surface area contributed by atoms with E-state index in [1.54, 1.807) is 6.07 Å². The first-order valence-corrected chi connectivity index (χ1v) is 7.29. The van der Waals surface area contributed by atoms with Crippen LogP contribution in [0.1, 0.15) is 43.6 Å². The predicted molar refractivity (Wildman–Crippen MR) is 66.5 cm³/mol. The van der Waals surface area contributed by atoms with E-state index >= 15 is 0 Å². The monoisotopic (exact) mass is 255 g/mol. The summed E-state index contributed by atoms with van der Waals surface area (Å²) in [7, 11) is -4.16. The molecular weight excluding hydrogens is 238 g/mol. The highest BCUT2D eigenvalue weighted by atomic mass is 32.2. The Morgan fingerprint density at radius 1 is 1.18 bits per heavy atom. The number of hydrogen-bond acceptors (Lipinski definition) is 3. The SMILES string of the molecule is Nc1ccc(S(=O)(=O)O)c(C2CCCCC2)c1. The van der Waals surface area contributed by atoms with Crippen molar-refractivity contribution in [2.75, 3.05) is 5.73 Å². The highest BCUT2D eigenvalue weighted by Crippen LogP contribution is 2.36. The minimum absolute atomic E-state index is 0.0126. The summed E-state index contributed by atoms with van der Waals surface area (Å²) in [4.78, 5) is 0.0126. The van der Waals surface area contributed by atoms with E-state index in [2.05, 4.69) is 0 Å². The number of anilines is 1. The largest absolute Gasteiger partial charge is 0.399 e. The molecule has 0 unspecified atom stereocenters. The molecule has 1 fully saturated rings. The zero-order valence-corrected chi connectivity index (χ0v) is 10.4. The quantitative estimate of drug-likeness (QED) is 0.628. The number of benzene rings is 1. The van der Waals surface area contributed by atoms with Gasteiger partial charge in [0.25, 0.3) is 10.1 Å². The summed E-state index contributed by atoms with van der Waals surface area (Å²) in [5, 5.41) is 0. The third kappa shape index (κ3) is 2.79. The van der Waals surface area contributed by atoms with Gasteiger partial charge in [-0.05, 0) is 42.5 Å². The molecule has 0 aliphatic heterocycles. The van der Waals surface area contributed by atoms with Crippen LogP contribution in [0.3, 0.4) is 0 Å². The van der Waals surface area contributed by atoms with E-state index in [9.17, 15) is 13.0 Å². The first kappa shape index (κ1) is 12.4. The zero-order chi connectivity index (χ0) is 12.5. The van der Waals surface area contributed by atoms with Gasteiger partial charge in [-0.1, -0.05) is 19.3 Å². The maximum Gasteiger partial charge on any atom is 0.294 e. The van der Waals surface area contributed by atoms with Crippen molar-refractivity contribution in [1.82, 2.24) is 0 Å². The summed E-state index contributed by atoms with van der Waals surface area (Å²) in [5.41, 5.74) is 6.91. The number of nitrogen functional groups attached to an aromatic ring is 1. The molecule has 0 heterocycles. The smallest absolute Gasteiger partial charge is 0.294 e. The fourth-order valence-corrected chi connectivity index (χ4v) is 3.30. The molecule has 2 rings (SSSR count). The fourth-order valence-electron chi connectivity index (χ4n) is 2.53. The summed E-state index contributed by atoms with van der Waals surface area (Å²) < 4.78 is 31.9. The van der Waals surface area contributed by atoms with E-state index in [0.29, 0.717) is 11.3 Å². The van der Waals surface area contributed by atoms with Gasteiger partial charge < -0.3 is 5.73 Å². The highest BCUT2D eigenvalue weighted by molar-refractivity contribution is 7.85. The molecule has 0 spiro atoms. The van der Waals surface area contributed by atoms with Crippen LogP contribution in [0.15, 0.2) is 23.1 Å². The second kappa shape index (κ2) is 4.66. The average Bonchev–Trinajstić information content (AvgIpc) is 2.28. The van der Waals surface area contributed by atoms with Crippen LogP contribution in [-0.2, 0) is 10.1 Å². The van der Waals surface area contributed by atoms with E-state index in [-0.39, 0.29) is 10.8 Å². The van der Waals surface area contributed by atoms with Gasteiger partial charge in [0.15, 0.2) is 0 Å². The zero-order valence-electron chi connectivity index (χ0n) is 9.59. The van der Waals surface area contributed by atoms with Crippen molar-refractivity contribution in [3.8, 4) is 0 Å². The van der Waals surface area contributed by atoms with Gasteiger partial charge in [-0.2, -0.15) is 8.42 Å². The first-order chi connectivity index (χ1) is 7.98. The van der Waals surface area contributed by atoms with Crippen LogP contribution in [0.25, 0.3) is 0 Å². The molecule has 1 saturated carbocycles. The third-order valence-corrected chi connectivity index (χ3v) is 4.28. The van der Waals surface area contributed by atoms with Crippen molar-refractivity contribution >= 4 is 15.8 Å². The Balaban J connectivity index is 2.46. The van der Waals surface area contributed by atoms with Gasteiger partial charge >= 0.3 is 0 Å². The molecule has 0 amide bonds. The van der Waals surface area contributed by atoms with E-state index in [4.69, 9.17) is 5.73 Å². The molecule has 1 aliphatic carbocycles. The lowest BCUT2D eigenvalue weighted by Gasteiger charge is -2.23. The Bertz CT molecular complexity index is 504. The van der Waals surface area contributed by atoms with Crippen molar-refractivity contribution in [2.24, 2.45) is 0 Å². The van der Waals surface area contributed by atoms with Gasteiger partial charge in [0.2, 0.25) is 0 Å². The van der Waals surface area contributed by atoms with Gasteiger partial charge in [0.1, 0.15) is 0 Å². The van der Waals surface area contributed by atoms with Crippen LogP contribution in [0.4, 0.5) is 5.69 Å². The minimum atomic E-state index is -4.16. The van der Waals surface area contributed by atoms with Crippen LogP contribution in [-0.4, -0.2) is 13.0 Å². The van der Waals surface area contributed by atoms with E-state index < -0.39 is 10.1 Å². The van der Waals surface area contributed by atoms with E-state index in [1.807, 2.05) is 0 Å². The van der Waals surface area contributed by atoms with Gasteiger partial charge in [-0.25, -0.2) is 0 Å². The fraction of sp³-hybridized carbons (Fsp3) is 0.500. The number of hydrogen-bond donors (Lipinski definition) is 2. The molecule has 17 heavy (non-hydrogen) atoms. The second-order valence-electron chi connectivity index (χ2n) is 4.61. The van der Waals surface area contributed by atoms with Crippen LogP contribution >= 0.6 is 0 Å². The average molecular weight is 255 g/mol. The standard InChI is InChI=1S/C12H17NO3S/c13-10-6-7-12(17(14,15)16)11(8-10)9-4-2-1-3-5-9/h6-9H,1-5,13H2,(H,14,15,16). The lowest BCUT2D eigenvalue weighted by atomic mass is 9.84. The molecule has 0 aromatic heterocycles. The van der Waals surface area contributed by atoms with Gasteiger partial charge in [-0.15, -0.1) is 0 Å². The summed E-state index contributed by atoms with van der Waals surface area (Å²) >= 11 is 0. The van der Waals surface area contributed by atoms with E-state index in [1.165, 1.54) is 18.6 Å². The minimum Gasteiger partial charge on any atom is -0.399 e. The number of nitrogens with two attached hydrogens (primary N) is 1. The molecule has 1 aromatic carbocycles. The molecule has 1 aliphatic rings. The molecular formula is C12H17NO3S. The van der Waals surface area contributed by atoms with Crippen LogP contribution in [0.5, 0.6) is 0 Å². The maximum atomic E-state index is 11.3. The van der Waals surface area contributed by atoms with Crippen molar-refractivity contribution in [2.45, 2.75) is 42.9 Å². The van der Waals surface area contributed by atoms with Gasteiger partial charge in [0, 0.05) is 5.69 Å². The van der Waals surface area contributed by atoms with Crippen molar-refractivity contribution in [1.29, 1.82) is 0 Å². The van der Waals surface area contributed by atoms with Crippen molar-refractivity contribution in [3.05, 3.63) is 23.8 Å². The Labute approximate surface area is 102 Å². The summed E-state index contributed by atoms with van der Waals surface area (Å²) in [6.45, 7) is 0. The summed E-state index contributed by atoms with van der Waals surface area (Å²) in [5.74, 6) is 0.198. The normalized spacial score (nSPS) is 18.2. The molecule has 1 aromatic rings. The van der Waals surface area contributed by atoms with Crippen LogP contribution in [0.2, 0.25) is 0 Å². The Morgan fingerprint density at radius 3 is 2.41 bits per heavy atom. The van der Waals surface area contributed by atoms with Gasteiger partial charge in [0.05, 0.1) is 4.90 Å². The lowest BCUT2D eigenvalue weighted by Crippen LogP contribution is -2.11. The molecule has 0 saturated heterocycles. The van der Waals surface area contributed by atoms with Gasteiger partial charge in [-0.3, -0.25) is 4.55 Å². The topological polar surface area (TPSA) is 80.4 Å². The predicted octanol–water partition coefficient (Wildman–Crippen LogP) is 2.56. The summed E-state index contributed by atoms with van der Waals surface area (Å²) in [6, 6.07) is 4.59. The molecule has 5 heteroatoms. The third-order valence-electron chi connectivity index (χ3n) is 3.36. The molecule has 0 atom stereocenters. The molecule has 0 bridgehead atoms. The summed E-state index contributed by atoms with van der Waals surface area (Å²) in [6.07, 6.45) is 5.33. The van der Waals surface area contributed by atoms with Crippen molar-refractivity contribution < 1.29 is 13.0 Å². The molecule has 3 N–H and O–H groups in total. The Hall–Kier alpha value is -1.07. The Kier molecular flexibility index (Phi) is 3.40. The molecule has 94 valence electrons. The highest BCUT2D eigenvalue weighted by Gasteiger charge is 2.23. The molecule has 0 radical (unpaired) electrons. The maximum absolute atomic E-state index is 11.3. The van der Waals surface area contributed by atoms with Crippen LogP contribution in [0, 0.1) is 0 Å². The lowest BCUT2D eigenvalue weighted by molar-refractivity contribution is 0.434. The van der Waals surface area contributed by atoms with Crippen LogP contribution < -0.4 is 5.73 Å².